The molecule has 0 saturated heterocycles. The maximum Gasteiger partial charge on any atom is 0.187 e. The lowest BCUT2D eigenvalue weighted by Crippen LogP contribution is -1.92. The molecule has 4 N–H and O–H groups in total. The number of aromatic hydroxyl groups is 2. The number of aromatic amines is 1. The van der Waals surface area contributed by atoms with Gasteiger partial charge in [0.25, 0.3) is 0 Å². The summed E-state index contributed by atoms with van der Waals surface area (Å²) in [7, 11) is 0. The third-order valence-corrected chi connectivity index (χ3v) is 3.89. The molecule has 2 heterocycles. The maximum absolute atomic E-state index is 9.55. The van der Waals surface area contributed by atoms with Gasteiger partial charge in [-0.05, 0) is 32.0 Å². The zero-order valence-corrected chi connectivity index (χ0v) is 12.3. The highest BCUT2D eigenvalue weighted by atomic mass is 32.1. The minimum atomic E-state index is -0.156. The van der Waals surface area contributed by atoms with Gasteiger partial charge in [0, 0.05) is 10.9 Å². The van der Waals surface area contributed by atoms with Gasteiger partial charge in [-0.1, -0.05) is 0 Å². The summed E-state index contributed by atoms with van der Waals surface area (Å²) in [4.78, 5) is 4.48. The molecule has 0 radical (unpaired) electrons. The fourth-order valence-corrected chi connectivity index (χ4v) is 2.71. The molecule has 0 aliphatic carbocycles. The topological polar surface area (TPSA) is 94.1 Å². The van der Waals surface area contributed by atoms with E-state index < -0.39 is 0 Å². The van der Waals surface area contributed by atoms with Crippen LogP contribution in [0, 0.1) is 13.8 Å². The molecule has 1 aromatic carbocycles. The Kier molecular flexibility index (Phi) is 3.26. The Morgan fingerprint density at radius 2 is 2.00 bits per heavy atom. The summed E-state index contributed by atoms with van der Waals surface area (Å²) in [5, 5.41) is 31.8. The molecular formula is C14H14N4O2S. The zero-order chi connectivity index (χ0) is 15.0. The van der Waals surface area contributed by atoms with Crippen LogP contribution in [0.1, 0.15) is 11.4 Å². The first-order chi connectivity index (χ1) is 10.0. The average Bonchev–Trinajstić information content (AvgIpc) is 3.04. The van der Waals surface area contributed by atoms with Crippen molar-refractivity contribution in [1.29, 1.82) is 0 Å². The molecule has 3 aromatic rings. The lowest BCUT2D eigenvalue weighted by Gasteiger charge is -2.02. The summed E-state index contributed by atoms with van der Waals surface area (Å²) >= 11 is 1.46. The summed E-state index contributed by atoms with van der Waals surface area (Å²) in [5.74, 6) is -0.298. The number of anilines is 2. The number of hydrogen-bond donors (Lipinski definition) is 4. The van der Waals surface area contributed by atoms with Gasteiger partial charge in [-0.2, -0.15) is 5.10 Å². The van der Waals surface area contributed by atoms with Crippen molar-refractivity contribution in [2.45, 2.75) is 13.8 Å². The summed E-state index contributed by atoms with van der Waals surface area (Å²) in [5.41, 5.74) is 4.23. The molecule has 0 atom stereocenters. The molecule has 0 spiro atoms. The van der Waals surface area contributed by atoms with Gasteiger partial charge in [0.1, 0.15) is 0 Å². The number of aromatic nitrogens is 3. The lowest BCUT2D eigenvalue weighted by molar-refractivity contribution is 0.404. The van der Waals surface area contributed by atoms with Gasteiger partial charge >= 0.3 is 0 Å². The monoisotopic (exact) mass is 302 g/mol. The zero-order valence-electron chi connectivity index (χ0n) is 11.5. The van der Waals surface area contributed by atoms with Crippen LogP contribution < -0.4 is 5.32 Å². The molecule has 0 saturated carbocycles. The van der Waals surface area contributed by atoms with Crippen LogP contribution in [0.15, 0.2) is 23.6 Å². The van der Waals surface area contributed by atoms with Crippen LogP contribution in [-0.2, 0) is 0 Å². The van der Waals surface area contributed by atoms with E-state index in [0.29, 0.717) is 0 Å². The predicted octanol–water partition coefficient (Wildman–Crippen LogP) is 3.30. The third-order valence-electron chi connectivity index (χ3n) is 3.14. The molecule has 0 bridgehead atoms. The van der Waals surface area contributed by atoms with Gasteiger partial charge in [-0.15, -0.1) is 11.3 Å². The van der Waals surface area contributed by atoms with Crippen molar-refractivity contribution in [3.63, 3.8) is 0 Å². The Labute approximate surface area is 125 Å². The summed E-state index contributed by atoms with van der Waals surface area (Å²) in [6, 6.07) is 4.65. The summed E-state index contributed by atoms with van der Waals surface area (Å²) < 4.78 is 0. The second-order valence-corrected chi connectivity index (χ2v) is 5.53. The van der Waals surface area contributed by atoms with Gasteiger partial charge in [0.15, 0.2) is 16.6 Å². The number of phenolic OH excluding ortho intramolecular Hbond substituents is 2. The van der Waals surface area contributed by atoms with E-state index >= 15 is 0 Å². The molecule has 0 aliphatic rings. The number of nitrogens with zero attached hydrogens (tertiary/aromatic N) is 2. The second kappa shape index (κ2) is 5.10. The van der Waals surface area contributed by atoms with Gasteiger partial charge < -0.3 is 15.5 Å². The van der Waals surface area contributed by atoms with Crippen molar-refractivity contribution >= 4 is 22.2 Å². The van der Waals surface area contributed by atoms with E-state index in [9.17, 15) is 10.2 Å². The Morgan fingerprint density at radius 1 is 1.19 bits per heavy atom. The van der Waals surface area contributed by atoms with Crippen LogP contribution in [0.25, 0.3) is 11.3 Å². The van der Waals surface area contributed by atoms with Gasteiger partial charge in [0.2, 0.25) is 0 Å². The highest BCUT2D eigenvalue weighted by Gasteiger charge is 2.11. The summed E-state index contributed by atoms with van der Waals surface area (Å²) in [6.45, 7) is 3.85. The lowest BCUT2D eigenvalue weighted by atomic mass is 10.1. The number of phenols is 2. The molecule has 0 unspecified atom stereocenters. The molecule has 3 rings (SSSR count). The maximum atomic E-state index is 9.55. The molecule has 108 valence electrons. The van der Waals surface area contributed by atoms with Crippen LogP contribution in [0.5, 0.6) is 11.5 Å². The van der Waals surface area contributed by atoms with E-state index in [4.69, 9.17) is 0 Å². The van der Waals surface area contributed by atoms with E-state index in [2.05, 4.69) is 20.5 Å². The number of hydrogen-bond acceptors (Lipinski definition) is 6. The highest BCUT2D eigenvalue weighted by Crippen LogP contribution is 2.33. The molecule has 21 heavy (non-hydrogen) atoms. The van der Waals surface area contributed by atoms with Crippen LogP contribution in [0.4, 0.5) is 10.8 Å². The first-order valence-corrected chi connectivity index (χ1v) is 7.19. The quantitative estimate of drug-likeness (QED) is 0.557. The van der Waals surface area contributed by atoms with E-state index in [1.54, 1.807) is 6.07 Å². The Morgan fingerprint density at radius 3 is 2.67 bits per heavy atom. The molecule has 7 heteroatoms. The predicted molar refractivity (Wildman–Crippen MR) is 82.2 cm³/mol. The average molecular weight is 302 g/mol. The largest absolute Gasteiger partial charge is 0.504 e. The van der Waals surface area contributed by atoms with Crippen molar-refractivity contribution in [2.75, 3.05) is 5.32 Å². The van der Waals surface area contributed by atoms with Crippen LogP contribution in [-0.4, -0.2) is 25.4 Å². The van der Waals surface area contributed by atoms with E-state index in [0.717, 1.165) is 33.5 Å². The van der Waals surface area contributed by atoms with Crippen molar-refractivity contribution in [3.05, 3.63) is 35.0 Å². The number of rotatable bonds is 3. The normalized spacial score (nSPS) is 10.8. The van der Waals surface area contributed by atoms with Gasteiger partial charge in [-0.25, -0.2) is 4.98 Å². The minimum Gasteiger partial charge on any atom is -0.504 e. The number of aryl methyl sites for hydroxylation is 2. The van der Waals surface area contributed by atoms with E-state index in [1.807, 2.05) is 19.2 Å². The molecule has 0 fully saturated rings. The minimum absolute atomic E-state index is 0.142. The van der Waals surface area contributed by atoms with Crippen molar-refractivity contribution in [2.24, 2.45) is 0 Å². The molecule has 2 aromatic heterocycles. The molecule has 0 aliphatic heterocycles. The Balaban J connectivity index is 1.88. The fraction of sp³-hybridized carbons (Fsp3) is 0.143. The third kappa shape index (κ3) is 2.55. The number of H-pyrrole nitrogens is 1. The molecule has 0 amide bonds. The highest BCUT2D eigenvalue weighted by molar-refractivity contribution is 7.14. The number of nitrogens with one attached hydrogen (secondary N) is 2. The second-order valence-electron chi connectivity index (χ2n) is 4.68. The van der Waals surface area contributed by atoms with E-state index in [-0.39, 0.29) is 11.5 Å². The van der Waals surface area contributed by atoms with Gasteiger partial charge in [-0.3, -0.25) is 5.10 Å². The standard InChI is InChI=1S/C14H14N4O2S/c1-7-13(8(2)18-17-7)16-14-15-10(6-21-14)9-3-4-11(19)12(20)5-9/h3-6,19-20H,1-2H3,(H,15,16)(H,17,18). The number of thiazole rings is 1. The molecule has 6 nitrogen and oxygen atoms in total. The Bertz CT molecular complexity index is 775. The van der Waals surface area contributed by atoms with Crippen molar-refractivity contribution in [3.8, 4) is 22.8 Å². The van der Waals surface area contributed by atoms with Crippen LogP contribution in [0.2, 0.25) is 0 Å². The number of benzene rings is 1. The van der Waals surface area contributed by atoms with Crippen molar-refractivity contribution < 1.29 is 10.2 Å². The Hall–Kier alpha value is -2.54. The van der Waals surface area contributed by atoms with Crippen LogP contribution in [0.3, 0.4) is 0 Å². The first-order valence-electron chi connectivity index (χ1n) is 6.31. The first kappa shape index (κ1) is 13.4. The molecular weight excluding hydrogens is 288 g/mol. The fourth-order valence-electron chi connectivity index (χ4n) is 1.99. The SMILES string of the molecule is Cc1n[nH]c(C)c1Nc1nc(-c2ccc(O)c(O)c2)cs1. The smallest absolute Gasteiger partial charge is 0.187 e. The van der Waals surface area contributed by atoms with Crippen LogP contribution >= 0.6 is 11.3 Å². The van der Waals surface area contributed by atoms with Gasteiger partial charge in [0.05, 0.1) is 22.8 Å². The van der Waals surface area contributed by atoms with Crippen molar-refractivity contribution in [1.82, 2.24) is 15.2 Å². The summed E-state index contributed by atoms with van der Waals surface area (Å²) in [6.07, 6.45) is 0. The van der Waals surface area contributed by atoms with E-state index in [1.165, 1.54) is 23.5 Å².